The van der Waals surface area contributed by atoms with E-state index in [1.165, 1.54) is 5.56 Å². The number of benzene rings is 1. The molecule has 3 nitrogen and oxygen atoms in total. The highest BCUT2D eigenvalue weighted by molar-refractivity contribution is 5.29. The van der Waals surface area contributed by atoms with Gasteiger partial charge >= 0.3 is 0 Å². The first-order chi connectivity index (χ1) is 8.36. The molecule has 4 N–H and O–H groups in total. The van der Waals surface area contributed by atoms with Crippen LogP contribution in [0.4, 0.5) is 0 Å². The van der Waals surface area contributed by atoms with Crippen LogP contribution in [0.2, 0.25) is 0 Å². The minimum Gasteiger partial charge on any atom is -0.387 e. The van der Waals surface area contributed by atoms with Crippen molar-refractivity contribution >= 4 is 0 Å². The van der Waals surface area contributed by atoms with Gasteiger partial charge in [0, 0.05) is 6.04 Å². The lowest BCUT2D eigenvalue weighted by molar-refractivity contribution is 0.142. The van der Waals surface area contributed by atoms with Crippen LogP contribution in [0.15, 0.2) is 24.3 Å². The van der Waals surface area contributed by atoms with Gasteiger partial charge in [-0.15, -0.1) is 0 Å². The third-order valence-electron chi connectivity index (χ3n) is 3.25. The summed E-state index contributed by atoms with van der Waals surface area (Å²) in [7, 11) is 1.89. The topological polar surface area (TPSA) is 58.3 Å². The summed E-state index contributed by atoms with van der Waals surface area (Å²) < 4.78 is 0. The molecule has 1 rings (SSSR count). The van der Waals surface area contributed by atoms with Crippen LogP contribution >= 0.6 is 0 Å². The van der Waals surface area contributed by atoms with Gasteiger partial charge in [-0.05, 0) is 36.6 Å². The molecule has 0 saturated heterocycles. The Hall–Kier alpha value is -0.900. The van der Waals surface area contributed by atoms with Crippen molar-refractivity contribution in [3.8, 4) is 0 Å². The zero-order valence-corrected chi connectivity index (χ0v) is 11.9. The monoisotopic (exact) mass is 250 g/mol. The highest BCUT2D eigenvalue weighted by atomic mass is 16.3. The lowest BCUT2D eigenvalue weighted by Gasteiger charge is -2.22. The van der Waals surface area contributed by atoms with Crippen molar-refractivity contribution in [1.29, 1.82) is 0 Å². The van der Waals surface area contributed by atoms with Crippen LogP contribution in [0, 0.1) is 0 Å². The second kappa shape index (κ2) is 6.32. The maximum Gasteiger partial charge on any atom is 0.0941 e. The molecular weight excluding hydrogens is 224 g/mol. The van der Waals surface area contributed by atoms with Gasteiger partial charge < -0.3 is 16.2 Å². The minimum absolute atomic E-state index is 0.137. The van der Waals surface area contributed by atoms with Gasteiger partial charge in [-0.3, -0.25) is 0 Å². The van der Waals surface area contributed by atoms with Crippen molar-refractivity contribution in [2.75, 3.05) is 13.6 Å². The minimum atomic E-state index is -0.590. The molecular formula is C15H26N2O. The zero-order valence-electron chi connectivity index (χ0n) is 11.9. The highest BCUT2D eigenvalue weighted by Gasteiger charge is 2.18. The van der Waals surface area contributed by atoms with E-state index >= 15 is 0 Å². The Morgan fingerprint density at radius 2 is 1.78 bits per heavy atom. The van der Waals surface area contributed by atoms with Crippen molar-refractivity contribution in [2.45, 2.75) is 44.8 Å². The molecule has 18 heavy (non-hydrogen) atoms. The summed E-state index contributed by atoms with van der Waals surface area (Å²) in [6.07, 6.45) is 0.172. The standard InChI is InChI=1S/C15H26N2O/c1-15(2,3)12-7-5-11(6-8-12)14(18)13(16)9-10-17-4/h5-8,13-14,17-18H,9-10,16H2,1-4H3. The second-order valence-corrected chi connectivity index (χ2v) is 5.87. The van der Waals surface area contributed by atoms with Gasteiger partial charge in [0.25, 0.3) is 0 Å². The second-order valence-electron chi connectivity index (χ2n) is 5.87. The van der Waals surface area contributed by atoms with Gasteiger partial charge in [0.15, 0.2) is 0 Å². The van der Waals surface area contributed by atoms with E-state index < -0.39 is 6.10 Å². The van der Waals surface area contributed by atoms with Gasteiger partial charge in [0.2, 0.25) is 0 Å². The first-order valence-corrected chi connectivity index (χ1v) is 6.55. The summed E-state index contributed by atoms with van der Waals surface area (Å²) in [6, 6.07) is 7.87. The molecule has 2 unspecified atom stereocenters. The van der Waals surface area contributed by atoms with Crippen LogP contribution in [0.3, 0.4) is 0 Å². The molecule has 0 aliphatic carbocycles. The molecule has 2 atom stereocenters. The zero-order chi connectivity index (χ0) is 13.8. The van der Waals surface area contributed by atoms with Crippen LogP contribution < -0.4 is 11.1 Å². The molecule has 0 radical (unpaired) electrons. The smallest absolute Gasteiger partial charge is 0.0941 e. The highest BCUT2D eigenvalue weighted by Crippen LogP contribution is 2.25. The molecule has 1 aromatic rings. The van der Waals surface area contributed by atoms with Crippen molar-refractivity contribution in [3.05, 3.63) is 35.4 Å². The quantitative estimate of drug-likeness (QED) is 0.748. The first kappa shape index (κ1) is 15.2. The Bertz CT molecular complexity index is 354. The number of rotatable bonds is 5. The SMILES string of the molecule is CNCCC(N)C(O)c1ccc(C(C)(C)C)cc1. The molecule has 102 valence electrons. The third-order valence-corrected chi connectivity index (χ3v) is 3.25. The Balaban J connectivity index is 2.72. The maximum absolute atomic E-state index is 10.2. The predicted molar refractivity (Wildman–Crippen MR) is 76.6 cm³/mol. The number of hydrogen-bond acceptors (Lipinski definition) is 3. The summed E-state index contributed by atoms with van der Waals surface area (Å²) in [6.45, 7) is 7.35. The molecule has 0 aliphatic rings. The average Bonchev–Trinajstić information content (AvgIpc) is 2.34. The fourth-order valence-corrected chi connectivity index (χ4v) is 1.90. The molecule has 0 aromatic heterocycles. The Morgan fingerprint density at radius 1 is 1.22 bits per heavy atom. The summed E-state index contributed by atoms with van der Waals surface area (Å²) >= 11 is 0. The molecule has 0 heterocycles. The van der Waals surface area contributed by atoms with Crippen molar-refractivity contribution in [1.82, 2.24) is 5.32 Å². The Labute approximate surface area is 110 Å². The fraction of sp³-hybridized carbons (Fsp3) is 0.600. The molecule has 3 heteroatoms. The number of aliphatic hydroxyl groups excluding tert-OH is 1. The Kier molecular flexibility index (Phi) is 5.32. The van der Waals surface area contributed by atoms with Crippen molar-refractivity contribution in [3.63, 3.8) is 0 Å². The van der Waals surface area contributed by atoms with Gasteiger partial charge in [-0.2, -0.15) is 0 Å². The van der Waals surface area contributed by atoms with Gasteiger partial charge in [0.05, 0.1) is 6.10 Å². The van der Waals surface area contributed by atoms with E-state index in [4.69, 9.17) is 5.73 Å². The van der Waals surface area contributed by atoms with Gasteiger partial charge in [-0.25, -0.2) is 0 Å². The molecule has 0 saturated carbocycles. The van der Waals surface area contributed by atoms with Crippen LogP contribution in [-0.4, -0.2) is 24.7 Å². The van der Waals surface area contributed by atoms with Crippen LogP contribution in [-0.2, 0) is 5.41 Å². The summed E-state index contributed by atoms with van der Waals surface area (Å²) in [4.78, 5) is 0. The lowest BCUT2D eigenvalue weighted by atomic mass is 9.86. The normalized spacial score (nSPS) is 15.4. The summed E-state index contributed by atoms with van der Waals surface area (Å²) in [5, 5.41) is 13.2. The average molecular weight is 250 g/mol. The number of nitrogens with one attached hydrogen (secondary N) is 1. The van der Waals surface area contributed by atoms with Crippen LogP contribution in [0.5, 0.6) is 0 Å². The third kappa shape index (κ3) is 4.09. The summed E-state index contributed by atoms with van der Waals surface area (Å²) in [5.74, 6) is 0. The predicted octanol–water partition coefficient (Wildman–Crippen LogP) is 1.95. The lowest BCUT2D eigenvalue weighted by Crippen LogP contribution is -2.31. The Morgan fingerprint density at radius 3 is 2.22 bits per heavy atom. The molecule has 0 aliphatic heterocycles. The van der Waals surface area contributed by atoms with Crippen LogP contribution in [0.1, 0.15) is 44.4 Å². The van der Waals surface area contributed by atoms with Crippen molar-refractivity contribution in [2.24, 2.45) is 5.73 Å². The van der Waals surface area contributed by atoms with E-state index in [0.29, 0.717) is 0 Å². The maximum atomic E-state index is 10.2. The number of nitrogens with two attached hydrogens (primary N) is 1. The first-order valence-electron chi connectivity index (χ1n) is 6.55. The van der Waals surface area contributed by atoms with E-state index in [0.717, 1.165) is 18.5 Å². The van der Waals surface area contributed by atoms with E-state index in [1.54, 1.807) is 0 Å². The molecule has 1 aromatic carbocycles. The largest absolute Gasteiger partial charge is 0.387 e. The van der Waals surface area contributed by atoms with Crippen LogP contribution in [0.25, 0.3) is 0 Å². The number of aliphatic hydroxyl groups is 1. The number of hydrogen-bond donors (Lipinski definition) is 3. The molecule has 0 bridgehead atoms. The fourth-order valence-electron chi connectivity index (χ4n) is 1.90. The summed E-state index contributed by atoms with van der Waals surface area (Å²) in [5.41, 5.74) is 8.27. The van der Waals surface area contributed by atoms with Gasteiger partial charge in [0.1, 0.15) is 0 Å². The van der Waals surface area contributed by atoms with E-state index in [2.05, 4.69) is 38.2 Å². The van der Waals surface area contributed by atoms with E-state index in [9.17, 15) is 5.11 Å². The molecule has 0 spiro atoms. The molecule has 0 fully saturated rings. The molecule has 0 amide bonds. The van der Waals surface area contributed by atoms with Crippen molar-refractivity contribution < 1.29 is 5.11 Å². The van der Waals surface area contributed by atoms with E-state index in [1.807, 2.05) is 19.2 Å². The van der Waals surface area contributed by atoms with E-state index in [-0.39, 0.29) is 11.5 Å². The van der Waals surface area contributed by atoms with Gasteiger partial charge in [-0.1, -0.05) is 45.0 Å².